The van der Waals surface area contributed by atoms with Crippen LogP contribution in [-0.4, -0.2) is 42.2 Å². The lowest BCUT2D eigenvalue weighted by molar-refractivity contribution is -0.116. The summed E-state index contributed by atoms with van der Waals surface area (Å²) in [5.74, 6) is -0.435. The first kappa shape index (κ1) is 20.9. The van der Waals surface area contributed by atoms with Crippen LogP contribution in [-0.2, 0) is 24.8 Å². The number of anilines is 2. The summed E-state index contributed by atoms with van der Waals surface area (Å²) in [7, 11) is -6.54. The second kappa shape index (κ2) is 7.91. The van der Waals surface area contributed by atoms with Crippen LogP contribution in [0.15, 0.2) is 47.4 Å². The molecule has 0 unspecified atom stereocenters. The fourth-order valence-corrected chi connectivity index (χ4v) is 5.54. The van der Waals surface area contributed by atoms with Crippen LogP contribution in [0.5, 0.6) is 11.5 Å². The van der Waals surface area contributed by atoms with Gasteiger partial charge in [-0.1, -0.05) is 6.07 Å². The summed E-state index contributed by atoms with van der Waals surface area (Å²) in [6.45, 7) is 1.89. The monoisotopic (exact) mass is 440 g/mol. The highest BCUT2D eigenvalue weighted by atomic mass is 32.2. The molecule has 0 aliphatic carbocycles. The molecule has 0 saturated carbocycles. The summed E-state index contributed by atoms with van der Waals surface area (Å²) in [6.07, 6.45) is -0.153. The van der Waals surface area contributed by atoms with Gasteiger partial charge in [0, 0.05) is 12.5 Å². The molecule has 1 N–H and O–H groups in total. The van der Waals surface area contributed by atoms with Crippen LogP contribution in [0, 0.1) is 0 Å². The van der Waals surface area contributed by atoms with Gasteiger partial charge >= 0.3 is 0 Å². The van der Waals surface area contributed by atoms with Crippen LogP contribution in [0.1, 0.15) is 13.3 Å². The molecule has 2 aromatic carbocycles. The van der Waals surface area contributed by atoms with E-state index in [0.29, 0.717) is 10.1 Å². The minimum Gasteiger partial charge on any atom is -0.497 e. The topological polar surface area (TPSA) is 119 Å². The van der Waals surface area contributed by atoms with Crippen LogP contribution in [0.4, 0.5) is 11.4 Å². The van der Waals surface area contributed by atoms with Crippen molar-refractivity contribution in [3.05, 3.63) is 42.5 Å². The van der Waals surface area contributed by atoms with Crippen molar-refractivity contribution in [3.63, 3.8) is 0 Å². The van der Waals surface area contributed by atoms with Crippen LogP contribution < -0.4 is 18.5 Å². The molecule has 3 rings (SSSR count). The second-order valence-corrected chi connectivity index (χ2v) is 9.71. The number of nitrogens with one attached hydrogen (secondary N) is 1. The first-order chi connectivity index (χ1) is 13.7. The van der Waals surface area contributed by atoms with E-state index in [-0.39, 0.29) is 40.8 Å². The quantitative estimate of drug-likeness (QED) is 0.699. The standard InChI is InChI=1S/C18H20N2O7S2/c1-3-27-16-8-7-14(20-18(21)9-10-28(20,22)23)12-17(16)29(24,25)19-13-5-4-6-15(11-13)26-2/h4-8,11-12,19H,3,9-10H2,1-2H3. The first-order valence-corrected chi connectivity index (χ1v) is 11.8. The Bertz CT molecular complexity index is 1140. The Morgan fingerprint density at radius 1 is 1.17 bits per heavy atom. The van der Waals surface area contributed by atoms with Crippen molar-refractivity contribution < 1.29 is 31.1 Å². The van der Waals surface area contributed by atoms with Gasteiger partial charge in [-0.05, 0) is 37.3 Å². The number of carbonyl (C=O) groups is 1. The Kier molecular flexibility index (Phi) is 5.71. The molecule has 1 heterocycles. The molecule has 0 radical (unpaired) electrons. The molecule has 0 aromatic heterocycles. The van der Waals surface area contributed by atoms with Crippen molar-refractivity contribution in [1.82, 2.24) is 0 Å². The molecule has 2 aromatic rings. The molecule has 0 bridgehead atoms. The third kappa shape index (κ3) is 4.30. The van der Waals surface area contributed by atoms with Gasteiger partial charge in [0.2, 0.25) is 15.9 Å². The Morgan fingerprint density at radius 3 is 2.55 bits per heavy atom. The van der Waals surface area contributed by atoms with Gasteiger partial charge in [0.05, 0.1) is 30.8 Å². The van der Waals surface area contributed by atoms with Crippen molar-refractivity contribution in [2.24, 2.45) is 0 Å². The highest BCUT2D eigenvalue weighted by Gasteiger charge is 2.37. The van der Waals surface area contributed by atoms with Gasteiger partial charge in [0.15, 0.2) is 0 Å². The van der Waals surface area contributed by atoms with Crippen molar-refractivity contribution in [2.45, 2.75) is 18.2 Å². The average molecular weight is 440 g/mol. The predicted molar refractivity (Wildman–Crippen MR) is 107 cm³/mol. The van der Waals surface area contributed by atoms with Gasteiger partial charge in [-0.25, -0.2) is 21.1 Å². The van der Waals surface area contributed by atoms with E-state index in [2.05, 4.69) is 4.72 Å². The zero-order valence-electron chi connectivity index (χ0n) is 15.8. The van der Waals surface area contributed by atoms with E-state index in [1.807, 2.05) is 0 Å². The predicted octanol–water partition coefficient (Wildman–Crippen LogP) is 1.96. The fraction of sp³-hybridized carbons (Fsp3) is 0.278. The van der Waals surface area contributed by atoms with Crippen LogP contribution in [0.25, 0.3) is 0 Å². The molecular weight excluding hydrogens is 420 g/mol. The molecule has 1 saturated heterocycles. The van der Waals surface area contributed by atoms with Crippen LogP contribution in [0.2, 0.25) is 0 Å². The second-order valence-electron chi connectivity index (χ2n) is 6.13. The molecule has 0 spiro atoms. The zero-order chi connectivity index (χ0) is 21.2. The van der Waals surface area contributed by atoms with Gasteiger partial charge in [0.25, 0.3) is 10.0 Å². The third-order valence-corrected chi connectivity index (χ3v) is 7.25. The van der Waals surface area contributed by atoms with Gasteiger partial charge in [-0.3, -0.25) is 9.52 Å². The normalized spacial score (nSPS) is 15.9. The Morgan fingerprint density at radius 2 is 1.93 bits per heavy atom. The van der Waals surface area contributed by atoms with E-state index in [9.17, 15) is 21.6 Å². The number of sulfonamides is 2. The van der Waals surface area contributed by atoms with Crippen LogP contribution >= 0.6 is 0 Å². The van der Waals surface area contributed by atoms with Crippen molar-refractivity contribution in [2.75, 3.05) is 28.5 Å². The number of hydrogen-bond donors (Lipinski definition) is 1. The van der Waals surface area contributed by atoms with Crippen molar-refractivity contribution in [3.8, 4) is 11.5 Å². The average Bonchev–Trinajstić information content (AvgIpc) is 2.94. The number of rotatable bonds is 7. The van der Waals surface area contributed by atoms with Gasteiger partial charge in [0.1, 0.15) is 16.4 Å². The highest BCUT2D eigenvalue weighted by Crippen LogP contribution is 2.34. The Hall–Kier alpha value is -2.79. The van der Waals surface area contributed by atoms with Crippen molar-refractivity contribution >= 4 is 37.3 Å². The molecule has 1 amide bonds. The van der Waals surface area contributed by atoms with Gasteiger partial charge in [-0.15, -0.1) is 0 Å². The smallest absolute Gasteiger partial charge is 0.265 e. The lowest BCUT2D eigenvalue weighted by Crippen LogP contribution is -2.29. The molecule has 1 fully saturated rings. The molecule has 0 atom stereocenters. The van der Waals surface area contributed by atoms with E-state index in [1.54, 1.807) is 25.1 Å². The largest absolute Gasteiger partial charge is 0.497 e. The SMILES string of the molecule is CCOc1ccc(N2C(=O)CCS2(=O)=O)cc1S(=O)(=O)Nc1cccc(OC)c1. The number of hydrogen-bond acceptors (Lipinski definition) is 7. The third-order valence-electron chi connectivity index (χ3n) is 4.15. The Labute approximate surface area is 169 Å². The number of methoxy groups -OCH3 is 1. The molecule has 29 heavy (non-hydrogen) atoms. The molecular formula is C18H20N2O7S2. The number of amides is 1. The highest BCUT2D eigenvalue weighted by molar-refractivity contribution is 7.94. The van der Waals surface area contributed by atoms with E-state index in [4.69, 9.17) is 9.47 Å². The van der Waals surface area contributed by atoms with E-state index in [1.165, 1.54) is 25.3 Å². The molecule has 156 valence electrons. The van der Waals surface area contributed by atoms with E-state index in [0.717, 1.165) is 6.07 Å². The minimum absolute atomic E-state index is 0.0377. The summed E-state index contributed by atoms with van der Waals surface area (Å²) in [4.78, 5) is 11.8. The number of benzene rings is 2. The summed E-state index contributed by atoms with van der Waals surface area (Å²) in [5.41, 5.74) is 0.198. The maximum Gasteiger partial charge on any atom is 0.265 e. The Balaban J connectivity index is 2.06. The fourth-order valence-electron chi connectivity index (χ4n) is 2.87. The lowest BCUT2D eigenvalue weighted by atomic mass is 10.3. The summed E-state index contributed by atoms with van der Waals surface area (Å²) in [6, 6.07) is 10.1. The summed E-state index contributed by atoms with van der Waals surface area (Å²) in [5, 5.41) is 0. The van der Waals surface area contributed by atoms with Crippen molar-refractivity contribution in [1.29, 1.82) is 0 Å². The maximum absolute atomic E-state index is 13.0. The summed E-state index contributed by atoms with van der Waals surface area (Å²) < 4.78 is 64.0. The van der Waals surface area contributed by atoms with E-state index >= 15 is 0 Å². The lowest BCUT2D eigenvalue weighted by Gasteiger charge is -2.18. The molecule has 1 aliphatic heterocycles. The van der Waals surface area contributed by atoms with E-state index < -0.39 is 26.0 Å². The molecule has 9 nitrogen and oxygen atoms in total. The molecule has 1 aliphatic rings. The minimum atomic E-state index is -4.16. The number of carbonyl (C=O) groups excluding carboxylic acids is 1. The number of nitrogens with zero attached hydrogens (tertiary/aromatic N) is 1. The van der Waals surface area contributed by atoms with Crippen LogP contribution in [0.3, 0.4) is 0 Å². The first-order valence-electron chi connectivity index (χ1n) is 8.67. The van der Waals surface area contributed by atoms with Gasteiger partial charge in [-0.2, -0.15) is 0 Å². The van der Waals surface area contributed by atoms with Gasteiger partial charge < -0.3 is 9.47 Å². The maximum atomic E-state index is 13.0. The zero-order valence-corrected chi connectivity index (χ0v) is 17.4. The number of ether oxygens (including phenoxy) is 2. The summed E-state index contributed by atoms with van der Waals surface area (Å²) >= 11 is 0. The molecule has 11 heteroatoms.